The summed E-state index contributed by atoms with van der Waals surface area (Å²) in [5.41, 5.74) is -0.891. The zero-order chi connectivity index (χ0) is 22.3. The van der Waals surface area contributed by atoms with Crippen molar-refractivity contribution < 1.29 is 9.13 Å². The number of halogens is 1. The minimum atomic E-state index is -0.740. The lowest BCUT2D eigenvalue weighted by Gasteiger charge is -2.27. The zero-order valence-corrected chi connectivity index (χ0v) is 17.8. The van der Waals surface area contributed by atoms with Crippen molar-refractivity contribution in [2.24, 2.45) is 5.41 Å². The molecule has 1 saturated carbocycles. The van der Waals surface area contributed by atoms with Gasteiger partial charge in [0, 0.05) is 25.7 Å². The van der Waals surface area contributed by atoms with Gasteiger partial charge in [0.1, 0.15) is 11.2 Å². The molecule has 2 aromatic rings. The van der Waals surface area contributed by atoms with Gasteiger partial charge in [0.2, 0.25) is 6.54 Å². The Morgan fingerprint density at radius 3 is 2.81 bits per heavy atom. The lowest BCUT2D eigenvalue weighted by molar-refractivity contribution is 0.346. The Bertz CT molecular complexity index is 1180. The van der Waals surface area contributed by atoms with Crippen molar-refractivity contribution in [1.29, 1.82) is 0 Å². The Morgan fingerprint density at radius 2 is 2.16 bits per heavy atom. The molecule has 2 fully saturated rings. The number of hydrogen-bond donors (Lipinski definition) is 2. The Hall–Kier alpha value is -3.06. The van der Waals surface area contributed by atoms with E-state index >= 15 is 4.39 Å². The number of anilines is 1. The second kappa shape index (κ2) is 7.89. The highest BCUT2D eigenvalue weighted by molar-refractivity contribution is 5.91. The molecule has 2 heterocycles. The maximum absolute atomic E-state index is 15.3. The van der Waals surface area contributed by atoms with E-state index < -0.39 is 17.1 Å². The van der Waals surface area contributed by atoms with Crippen LogP contribution in [0.1, 0.15) is 32.2 Å². The zero-order valence-electron chi connectivity index (χ0n) is 17.8. The summed E-state index contributed by atoms with van der Waals surface area (Å²) in [5, 5.41) is 3.34. The normalized spacial score (nSPS) is 20.9. The third kappa shape index (κ3) is 3.63. The number of nitrogens with zero attached hydrogens (tertiary/aromatic N) is 4. The number of benzene rings is 1. The Kier molecular flexibility index (Phi) is 5.39. The van der Waals surface area contributed by atoms with Gasteiger partial charge < -0.3 is 25.6 Å². The van der Waals surface area contributed by atoms with Crippen molar-refractivity contribution in [3.8, 4) is 5.75 Å². The number of methoxy groups -OCH3 is 1. The molecule has 1 aromatic heterocycles. The number of nitrogens with two attached hydrogens (primary N) is 1. The van der Waals surface area contributed by atoms with Crippen LogP contribution < -0.4 is 32.0 Å². The van der Waals surface area contributed by atoms with Crippen LogP contribution in [-0.4, -0.2) is 49.1 Å². The summed E-state index contributed by atoms with van der Waals surface area (Å²) in [7, 11) is 1.43. The highest BCUT2D eigenvalue weighted by atomic mass is 19.1. The molecule has 166 valence electrons. The Morgan fingerprint density at radius 1 is 1.42 bits per heavy atom. The quantitative estimate of drug-likeness (QED) is 0.388. The van der Waals surface area contributed by atoms with Crippen molar-refractivity contribution >= 4 is 16.6 Å². The number of aromatic nitrogens is 2. The van der Waals surface area contributed by atoms with Crippen LogP contribution in [0.25, 0.3) is 15.7 Å². The van der Waals surface area contributed by atoms with Crippen LogP contribution in [0.2, 0.25) is 0 Å². The molecule has 0 amide bonds. The predicted octanol–water partition coefficient (Wildman–Crippen LogP) is 1.08. The van der Waals surface area contributed by atoms with E-state index in [-0.39, 0.29) is 28.3 Å². The minimum Gasteiger partial charge on any atom is -0.492 e. The molecule has 0 bridgehead atoms. The molecule has 1 aliphatic heterocycles. The maximum Gasteiger partial charge on any atom is 0.350 e. The number of rotatable bonds is 7. The van der Waals surface area contributed by atoms with Gasteiger partial charge in [0.15, 0.2) is 11.6 Å². The topological polar surface area (TPSA) is 98.9 Å². The van der Waals surface area contributed by atoms with Crippen LogP contribution >= 0.6 is 0 Å². The second-order valence-electron chi connectivity index (χ2n) is 8.74. The molecule has 0 radical (unpaired) electrons. The summed E-state index contributed by atoms with van der Waals surface area (Å²) >= 11 is 0. The molecule has 1 aromatic carbocycles. The third-order valence-electron chi connectivity index (χ3n) is 6.23. The molecule has 3 N–H and O–H groups in total. The molecule has 1 atom stereocenters. The van der Waals surface area contributed by atoms with Crippen LogP contribution in [0.3, 0.4) is 0 Å². The van der Waals surface area contributed by atoms with Gasteiger partial charge in [-0.2, -0.15) is 4.68 Å². The van der Waals surface area contributed by atoms with Gasteiger partial charge in [0.05, 0.1) is 19.0 Å². The predicted molar refractivity (Wildman–Crippen MR) is 117 cm³/mol. The summed E-state index contributed by atoms with van der Waals surface area (Å²) in [6, 6.07) is 1.09. The summed E-state index contributed by atoms with van der Waals surface area (Å²) in [4.78, 5) is 30.6. The highest BCUT2D eigenvalue weighted by Crippen LogP contribution is 2.44. The van der Waals surface area contributed by atoms with E-state index in [1.54, 1.807) is 0 Å². The molecule has 9 nitrogen and oxygen atoms in total. The van der Waals surface area contributed by atoms with Crippen LogP contribution in [0.5, 0.6) is 5.75 Å². The first-order valence-corrected chi connectivity index (χ1v) is 10.4. The van der Waals surface area contributed by atoms with Crippen LogP contribution in [0, 0.1) is 17.8 Å². The lowest BCUT2D eigenvalue weighted by Crippen LogP contribution is -2.44. The van der Waals surface area contributed by atoms with Gasteiger partial charge in [-0.05, 0) is 30.7 Å². The second-order valence-corrected chi connectivity index (χ2v) is 8.74. The van der Waals surface area contributed by atoms with Crippen molar-refractivity contribution in [1.82, 2.24) is 14.6 Å². The summed E-state index contributed by atoms with van der Waals surface area (Å²) in [5.74, 6) is 5.31. The summed E-state index contributed by atoms with van der Waals surface area (Å²) in [6.07, 6.45) is 2.42. The number of fused-ring (bicyclic) bond motifs is 1. The number of hydrogen-bond acceptors (Lipinski definition) is 6. The minimum absolute atomic E-state index is 0.0369. The van der Waals surface area contributed by atoms with Crippen LogP contribution in [0.4, 0.5) is 10.1 Å². The molecule has 2 aliphatic rings. The SMILES string of the molecule is [C-]#[N+]CCNCC1(C)CCN(c2c(F)cc3c(=O)n(N)c(=O)n(C4CC4)c3c2OC)C1. The van der Waals surface area contributed by atoms with E-state index in [1.807, 2.05) is 4.90 Å². The van der Waals surface area contributed by atoms with Crippen molar-refractivity contribution in [3.05, 3.63) is 44.1 Å². The van der Waals surface area contributed by atoms with Crippen molar-refractivity contribution in [2.75, 3.05) is 50.6 Å². The maximum atomic E-state index is 15.3. The highest BCUT2D eigenvalue weighted by Gasteiger charge is 2.38. The molecule has 1 aliphatic carbocycles. The first-order chi connectivity index (χ1) is 14.8. The smallest absolute Gasteiger partial charge is 0.350 e. The third-order valence-corrected chi connectivity index (χ3v) is 6.23. The van der Waals surface area contributed by atoms with Crippen LogP contribution in [-0.2, 0) is 0 Å². The fraction of sp³-hybridized carbons (Fsp3) is 0.571. The van der Waals surface area contributed by atoms with E-state index in [1.165, 1.54) is 17.7 Å². The van der Waals surface area contributed by atoms with Crippen LogP contribution in [0.15, 0.2) is 15.7 Å². The summed E-state index contributed by atoms with van der Waals surface area (Å²) < 4.78 is 23.0. The van der Waals surface area contributed by atoms with E-state index in [4.69, 9.17) is 17.2 Å². The van der Waals surface area contributed by atoms with E-state index in [0.29, 0.717) is 42.9 Å². The largest absolute Gasteiger partial charge is 0.492 e. The molecular formula is C21H27FN6O3. The average molecular weight is 430 g/mol. The molecule has 31 heavy (non-hydrogen) atoms. The number of nitrogens with one attached hydrogen (secondary N) is 1. The van der Waals surface area contributed by atoms with E-state index in [9.17, 15) is 9.59 Å². The molecular weight excluding hydrogens is 403 g/mol. The molecule has 1 saturated heterocycles. The fourth-order valence-electron chi connectivity index (χ4n) is 4.48. The molecule has 4 rings (SSSR count). The van der Waals surface area contributed by atoms with Gasteiger partial charge in [0.25, 0.3) is 5.56 Å². The van der Waals surface area contributed by atoms with Gasteiger partial charge in [-0.15, -0.1) is 0 Å². The monoisotopic (exact) mass is 430 g/mol. The molecule has 0 spiro atoms. The fourth-order valence-corrected chi connectivity index (χ4v) is 4.48. The Labute approximate surface area is 179 Å². The van der Waals surface area contributed by atoms with Gasteiger partial charge >= 0.3 is 5.69 Å². The van der Waals surface area contributed by atoms with Gasteiger partial charge in [-0.3, -0.25) is 9.36 Å². The van der Waals surface area contributed by atoms with Gasteiger partial charge in [-0.25, -0.2) is 15.8 Å². The van der Waals surface area contributed by atoms with Crippen molar-refractivity contribution in [3.63, 3.8) is 0 Å². The summed E-state index contributed by atoms with van der Waals surface area (Å²) in [6.45, 7) is 11.9. The van der Waals surface area contributed by atoms with E-state index in [0.717, 1.165) is 19.3 Å². The molecule has 10 heteroatoms. The average Bonchev–Trinajstić information content (AvgIpc) is 3.51. The Balaban J connectivity index is 1.79. The van der Waals surface area contributed by atoms with Crippen molar-refractivity contribution in [2.45, 2.75) is 32.2 Å². The lowest BCUT2D eigenvalue weighted by atomic mass is 9.90. The standard InChI is InChI=1S/C21H27FN6O3/c1-21(11-25-8-7-24-2)6-9-26(12-21)17-15(22)10-14-16(18(17)31-3)27(13-4-5-13)20(30)28(23)19(14)29/h10,13,25H,4-9,11-12,23H2,1,3H3. The van der Waals surface area contributed by atoms with E-state index in [2.05, 4.69) is 17.1 Å². The number of ether oxygens (including phenoxy) is 1. The first kappa shape index (κ1) is 21.2. The number of nitrogen functional groups attached to an aromatic ring is 1. The molecule has 1 unspecified atom stereocenters. The van der Waals surface area contributed by atoms with Gasteiger partial charge in [-0.1, -0.05) is 6.92 Å². The first-order valence-electron chi connectivity index (χ1n) is 10.4.